The molecule has 0 aliphatic carbocycles. The molecule has 5 aromatic rings. The van der Waals surface area contributed by atoms with Gasteiger partial charge < -0.3 is 28.3 Å². The number of hydrogen-bond acceptors (Lipinski definition) is 9. The predicted molar refractivity (Wildman–Crippen MR) is 158 cm³/mol. The number of nitrogens with zero attached hydrogens (tertiary/aromatic N) is 3. The number of fused-ring (bicyclic) bond motifs is 3. The normalized spacial score (nSPS) is 12.3. The van der Waals surface area contributed by atoms with Gasteiger partial charge in [-0.3, -0.25) is 0 Å². The van der Waals surface area contributed by atoms with Gasteiger partial charge >= 0.3 is 5.97 Å². The van der Waals surface area contributed by atoms with Crippen LogP contribution in [0.3, 0.4) is 0 Å². The third-order valence-electron chi connectivity index (χ3n) is 7.14. The number of methoxy groups -OCH3 is 1. The summed E-state index contributed by atoms with van der Waals surface area (Å²) in [5, 5.41) is 0.842. The minimum atomic E-state index is -0.416. The average Bonchev–Trinajstić information content (AvgIpc) is 3.72. The van der Waals surface area contributed by atoms with E-state index in [1.54, 1.807) is 14.0 Å². The highest BCUT2D eigenvalue weighted by Gasteiger charge is 2.28. The van der Waals surface area contributed by atoms with Crippen LogP contribution in [0.25, 0.3) is 33.1 Å². The van der Waals surface area contributed by atoms with E-state index in [4.69, 9.17) is 23.7 Å². The van der Waals surface area contributed by atoms with Crippen LogP contribution in [0.2, 0.25) is 0 Å². The summed E-state index contributed by atoms with van der Waals surface area (Å²) in [6.45, 7) is 5.37. The Bertz CT molecular complexity index is 1730. The van der Waals surface area contributed by atoms with Gasteiger partial charge in [-0.25, -0.2) is 4.79 Å². The number of aromatic nitrogens is 3. The standard InChI is InChI=1S/C31H31N3O6S/c1-4-6-7-12-38-28-16-24-21(15-26(28)36-3)29(20-9-10-22-23(14-20)33-41-32-22)30(31(35)37-5-2)34(24)17-19-8-11-25-27(13-19)40-18-39-25/h8-11,13-16H,4-7,12,17-18H2,1-3H3. The van der Waals surface area contributed by atoms with E-state index in [1.807, 2.05) is 53.1 Å². The van der Waals surface area contributed by atoms with Crippen LogP contribution in [0.1, 0.15) is 49.2 Å². The number of benzene rings is 3. The maximum atomic E-state index is 13.7. The SMILES string of the molecule is CCCCCOc1cc2c(cc1OC)c(-c1ccc3nsnc3c1)c(C(=O)OCC)n2Cc1ccc2c(c1)OCO2. The second-order valence-corrected chi connectivity index (χ2v) is 10.3. The molecular formula is C31H31N3O6S. The van der Waals surface area contributed by atoms with E-state index in [9.17, 15) is 4.79 Å². The molecule has 3 heterocycles. The van der Waals surface area contributed by atoms with E-state index in [2.05, 4.69) is 15.7 Å². The molecule has 0 bridgehead atoms. The Labute approximate surface area is 241 Å². The molecule has 0 fully saturated rings. The van der Waals surface area contributed by atoms with Crippen molar-refractivity contribution in [2.75, 3.05) is 27.1 Å². The largest absolute Gasteiger partial charge is 0.493 e. The van der Waals surface area contributed by atoms with Crippen LogP contribution < -0.4 is 18.9 Å². The van der Waals surface area contributed by atoms with Crippen molar-refractivity contribution in [2.45, 2.75) is 39.7 Å². The summed E-state index contributed by atoms with van der Waals surface area (Å²) in [6.07, 6.45) is 3.12. The number of unbranched alkanes of at least 4 members (excludes halogenated alkanes) is 2. The summed E-state index contributed by atoms with van der Waals surface area (Å²) in [5.74, 6) is 2.19. The second-order valence-electron chi connectivity index (χ2n) is 9.76. The van der Waals surface area contributed by atoms with Crippen molar-refractivity contribution in [2.24, 2.45) is 0 Å². The number of carbonyl (C=O) groups excluding carboxylic acids is 1. The second kappa shape index (κ2) is 11.7. The van der Waals surface area contributed by atoms with E-state index in [1.165, 1.54) is 0 Å². The quantitative estimate of drug-likeness (QED) is 0.125. The van der Waals surface area contributed by atoms with E-state index in [-0.39, 0.29) is 13.4 Å². The summed E-state index contributed by atoms with van der Waals surface area (Å²) < 4.78 is 39.5. The van der Waals surface area contributed by atoms with Gasteiger partial charge in [-0.05, 0) is 54.8 Å². The molecule has 1 aliphatic heterocycles. The first kappa shape index (κ1) is 26.9. The minimum Gasteiger partial charge on any atom is -0.493 e. The third kappa shape index (κ3) is 5.15. The Hall–Kier alpha value is -4.31. The van der Waals surface area contributed by atoms with Gasteiger partial charge in [0.05, 0.1) is 37.6 Å². The molecule has 3 aromatic carbocycles. The van der Waals surface area contributed by atoms with Crippen molar-refractivity contribution in [1.82, 2.24) is 13.3 Å². The molecule has 1 aliphatic rings. The Morgan fingerprint density at radius 2 is 1.83 bits per heavy atom. The van der Waals surface area contributed by atoms with E-state index < -0.39 is 5.97 Å². The fourth-order valence-corrected chi connectivity index (χ4v) is 5.71. The lowest BCUT2D eigenvalue weighted by atomic mass is 10.0. The number of carbonyl (C=O) groups is 1. The van der Waals surface area contributed by atoms with Crippen LogP contribution in [0.15, 0.2) is 48.5 Å². The molecule has 0 spiro atoms. The van der Waals surface area contributed by atoms with Gasteiger partial charge in [0, 0.05) is 23.6 Å². The molecule has 0 atom stereocenters. The molecular weight excluding hydrogens is 542 g/mol. The lowest BCUT2D eigenvalue weighted by Gasteiger charge is -2.14. The summed E-state index contributed by atoms with van der Waals surface area (Å²) in [4.78, 5) is 13.7. The van der Waals surface area contributed by atoms with Crippen LogP contribution in [-0.4, -0.2) is 46.4 Å². The number of rotatable bonds is 11. The Balaban J connectivity index is 1.58. The zero-order valence-electron chi connectivity index (χ0n) is 23.3. The number of esters is 1. The van der Waals surface area contributed by atoms with Gasteiger partial charge in [-0.1, -0.05) is 31.9 Å². The van der Waals surface area contributed by atoms with E-state index in [0.717, 1.165) is 69.6 Å². The summed E-state index contributed by atoms with van der Waals surface area (Å²) in [7, 11) is 1.63. The predicted octanol–water partition coefficient (Wildman–Crippen LogP) is 6.84. The van der Waals surface area contributed by atoms with Gasteiger partial charge in [0.15, 0.2) is 23.0 Å². The van der Waals surface area contributed by atoms with Gasteiger partial charge in [-0.15, -0.1) is 0 Å². The molecule has 0 radical (unpaired) electrons. The number of ether oxygens (including phenoxy) is 5. The fourth-order valence-electron chi connectivity index (χ4n) is 5.19. The van der Waals surface area contributed by atoms with E-state index >= 15 is 0 Å². The van der Waals surface area contributed by atoms with Crippen molar-refractivity contribution in [1.29, 1.82) is 0 Å². The molecule has 10 heteroatoms. The van der Waals surface area contributed by atoms with E-state index in [0.29, 0.717) is 41.8 Å². The first-order valence-electron chi connectivity index (χ1n) is 13.8. The third-order valence-corrected chi connectivity index (χ3v) is 7.70. The Morgan fingerprint density at radius 1 is 0.976 bits per heavy atom. The van der Waals surface area contributed by atoms with Crippen molar-refractivity contribution in [3.63, 3.8) is 0 Å². The van der Waals surface area contributed by atoms with Crippen molar-refractivity contribution in [3.8, 4) is 34.1 Å². The molecule has 212 valence electrons. The van der Waals surface area contributed by atoms with Crippen LogP contribution in [0.5, 0.6) is 23.0 Å². The molecule has 9 nitrogen and oxygen atoms in total. The highest BCUT2D eigenvalue weighted by molar-refractivity contribution is 7.00. The summed E-state index contributed by atoms with van der Waals surface area (Å²) >= 11 is 1.16. The smallest absolute Gasteiger partial charge is 0.355 e. The maximum absolute atomic E-state index is 13.7. The number of hydrogen-bond donors (Lipinski definition) is 0. The lowest BCUT2D eigenvalue weighted by Crippen LogP contribution is -2.14. The van der Waals surface area contributed by atoms with Crippen LogP contribution in [0, 0.1) is 0 Å². The van der Waals surface area contributed by atoms with Gasteiger partial charge in [0.1, 0.15) is 16.7 Å². The van der Waals surface area contributed by atoms with Crippen molar-refractivity contribution in [3.05, 3.63) is 59.8 Å². The van der Waals surface area contributed by atoms with Crippen molar-refractivity contribution < 1.29 is 28.5 Å². The fraction of sp³-hybridized carbons (Fsp3) is 0.323. The van der Waals surface area contributed by atoms with Crippen LogP contribution in [-0.2, 0) is 11.3 Å². The highest BCUT2D eigenvalue weighted by atomic mass is 32.1. The zero-order valence-corrected chi connectivity index (χ0v) is 24.1. The van der Waals surface area contributed by atoms with Crippen LogP contribution in [0.4, 0.5) is 0 Å². The molecule has 6 rings (SSSR count). The van der Waals surface area contributed by atoms with Gasteiger partial charge in [-0.2, -0.15) is 8.75 Å². The zero-order chi connectivity index (χ0) is 28.3. The molecule has 2 aromatic heterocycles. The molecule has 0 saturated carbocycles. The first-order valence-corrected chi connectivity index (χ1v) is 14.5. The maximum Gasteiger partial charge on any atom is 0.355 e. The summed E-state index contributed by atoms with van der Waals surface area (Å²) in [5.41, 5.74) is 5.35. The molecule has 0 unspecified atom stereocenters. The molecule has 0 N–H and O–H groups in total. The Kier molecular flexibility index (Phi) is 7.65. The lowest BCUT2D eigenvalue weighted by molar-refractivity contribution is 0.0516. The summed E-state index contributed by atoms with van der Waals surface area (Å²) in [6, 6.07) is 15.6. The minimum absolute atomic E-state index is 0.190. The van der Waals surface area contributed by atoms with Gasteiger partial charge in [0.25, 0.3) is 0 Å². The average molecular weight is 574 g/mol. The monoisotopic (exact) mass is 573 g/mol. The molecule has 41 heavy (non-hydrogen) atoms. The van der Waals surface area contributed by atoms with Crippen LogP contribution >= 0.6 is 11.7 Å². The highest BCUT2D eigenvalue weighted by Crippen LogP contribution is 2.43. The van der Waals surface area contributed by atoms with Crippen molar-refractivity contribution >= 4 is 39.6 Å². The topological polar surface area (TPSA) is 93.9 Å². The van der Waals surface area contributed by atoms with Gasteiger partial charge in [0.2, 0.25) is 6.79 Å². The Morgan fingerprint density at radius 3 is 2.66 bits per heavy atom. The first-order chi connectivity index (χ1) is 20.1. The molecule has 0 saturated heterocycles. The molecule has 0 amide bonds.